The van der Waals surface area contributed by atoms with E-state index in [1.807, 2.05) is 0 Å². The minimum atomic E-state index is -8.01. The fourth-order valence-corrected chi connectivity index (χ4v) is 2.29. The van der Waals surface area contributed by atoms with Gasteiger partial charge in [0.1, 0.15) is 12.4 Å². The van der Waals surface area contributed by atoms with Crippen molar-refractivity contribution in [2.75, 3.05) is 6.61 Å². The molecular weight excluding hydrogens is 531 g/mol. The Morgan fingerprint density at radius 1 is 0.824 bits per heavy atom. The number of hydrogen-bond donors (Lipinski definition) is 1. The Morgan fingerprint density at radius 3 is 1.68 bits per heavy atom. The number of alkyl halides is 13. The molecule has 1 atom stereocenters. The largest absolute Gasteiger partial charge is 0.471 e. The van der Waals surface area contributed by atoms with Crippen molar-refractivity contribution in [3.63, 3.8) is 0 Å². The Kier molecular flexibility index (Phi) is 8.19. The molecule has 1 aromatic carbocycles. The van der Waals surface area contributed by atoms with Crippen LogP contribution in [0.25, 0.3) is 0 Å². The van der Waals surface area contributed by atoms with Gasteiger partial charge in [-0.15, -0.1) is 0 Å². The van der Waals surface area contributed by atoms with E-state index < -0.39 is 59.6 Å². The van der Waals surface area contributed by atoms with Crippen LogP contribution in [0.3, 0.4) is 0 Å². The number of hydrogen-bond acceptors (Lipinski definition) is 4. The number of rotatable bonds is 10. The topological polar surface area (TPSA) is 35.5 Å². The fourth-order valence-electron chi connectivity index (χ4n) is 2.04. The zero-order valence-corrected chi connectivity index (χ0v) is 16.9. The van der Waals surface area contributed by atoms with Crippen LogP contribution in [0.4, 0.5) is 57.1 Å². The van der Waals surface area contributed by atoms with Gasteiger partial charge in [0.25, 0.3) is 0 Å². The number of thiol groups is 1. The van der Waals surface area contributed by atoms with Gasteiger partial charge in [-0.1, -0.05) is 18.7 Å². The van der Waals surface area contributed by atoms with E-state index in [-0.39, 0.29) is 5.56 Å². The van der Waals surface area contributed by atoms with Crippen molar-refractivity contribution in [1.82, 2.24) is 0 Å². The molecule has 0 amide bonds. The van der Waals surface area contributed by atoms with E-state index in [0.717, 1.165) is 18.2 Å². The number of halogens is 13. The highest BCUT2D eigenvalue weighted by atomic mass is 32.1. The molecule has 194 valence electrons. The summed E-state index contributed by atoms with van der Waals surface area (Å²) in [6.07, 6.45) is -13.4. The van der Waals surface area contributed by atoms with Crippen LogP contribution in [0.5, 0.6) is 5.75 Å². The van der Waals surface area contributed by atoms with Crippen LogP contribution in [0.15, 0.2) is 36.9 Å². The van der Waals surface area contributed by atoms with Gasteiger partial charge in [0.05, 0.1) is 5.25 Å². The standard InChI is InChI=1S/C17H11F13O3S/c1-2-11(31)32-7-10(34)8-3-5-9(6-4-8)33-17(29,30)15(24,25)13(20,21)12(18,19)14(22,23)16(26,27)28/h2-6,10,34H,1,7H2. The average Bonchev–Trinajstić information content (AvgIpc) is 2.70. The van der Waals surface area contributed by atoms with Crippen LogP contribution in [-0.2, 0) is 9.53 Å². The SMILES string of the molecule is C=CC(=O)OCC(S)c1ccc(OC(F)(F)C(F)(F)C(F)(F)C(F)(F)C(F)(F)C(F)(F)F)cc1. The molecule has 0 bridgehead atoms. The number of esters is 1. The Morgan fingerprint density at radius 2 is 1.26 bits per heavy atom. The Labute approximate surface area is 186 Å². The van der Waals surface area contributed by atoms with Crippen LogP contribution in [0, 0.1) is 0 Å². The molecule has 0 aliphatic carbocycles. The van der Waals surface area contributed by atoms with Gasteiger partial charge in [0.15, 0.2) is 0 Å². The molecule has 3 nitrogen and oxygen atoms in total. The molecule has 0 aliphatic rings. The van der Waals surface area contributed by atoms with Crippen molar-refractivity contribution < 1.29 is 71.3 Å². The summed E-state index contributed by atoms with van der Waals surface area (Å²) in [6, 6.07) is 2.40. The summed E-state index contributed by atoms with van der Waals surface area (Å²) < 4.78 is 178. The lowest BCUT2D eigenvalue weighted by atomic mass is 9.97. The minimum Gasteiger partial charge on any atom is -0.461 e. The van der Waals surface area contributed by atoms with E-state index in [0.29, 0.717) is 12.1 Å². The van der Waals surface area contributed by atoms with E-state index in [1.54, 1.807) is 0 Å². The number of carbonyl (C=O) groups is 1. The summed E-state index contributed by atoms with van der Waals surface area (Å²) in [5.74, 6) is -33.6. The summed E-state index contributed by atoms with van der Waals surface area (Å²) in [4.78, 5) is 10.9. The second-order valence-electron chi connectivity index (χ2n) is 6.33. The first-order valence-corrected chi connectivity index (χ1v) is 8.80. The third-order valence-electron chi connectivity index (χ3n) is 3.97. The molecule has 0 spiro atoms. The van der Waals surface area contributed by atoms with Gasteiger partial charge in [0, 0.05) is 6.08 Å². The molecule has 0 saturated carbocycles. The van der Waals surface area contributed by atoms with Gasteiger partial charge in [-0.05, 0) is 17.7 Å². The van der Waals surface area contributed by atoms with E-state index in [9.17, 15) is 61.9 Å². The molecule has 0 heterocycles. The molecule has 0 saturated heterocycles. The third kappa shape index (κ3) is 5.17. The van der Waals surface area contributed by atoms with Crippen molar-refractivity contribution >= 4 is 18.6 Å². The van der Waals surface area contributed by atoms with E-state index in [4.69, 9.17) is 0 Å². The molecule has 0 aliphatic heterocycles. The molecule has 17 heteroatoms. The number of carbonyl (C=O) groups excluding carboxylic acids is 1. The van der Waals surface area contributed by atoms with Gasteiger partial charge < -0.3 is 9.47 Å². The summed E-state index contributed by atoms with van der Waals surface area (Å²) in [6.45, 7) is 2.67. The quantitative estimate of drug-likeness (QED) is 0.160. The summed E-state index contributed by atoms with van der Waals surface area (Å²) >= 11 is 3.95. The number of ether oxygens (including phenoxy) is 2. The summed E-state index contributed by atoms with van der Waals surface area (Å²) in [7, 11) is 0. The molecule has 1 aromatic rings. The fraction of sp³-hybridized carbons (Fsp3) is 0.471. The van der Waals surface area contributed by atoms with Crippen molar-refractivity contribution in [1.29, 1.82) is 0 Å². The molecule has 0 fully saturated rings. The lowest BCUT2D eigenvalue weighted by Crippen LogP contribution is -2.70. The summed E-state index contributed by atoms with van der Waals surface area (Å²) in [5, 5.41) is -0.951. The lowest BCUT2D eigenvalue weighted by molar-refractivity contribution is -0.456. The predicted octanol–water partition coefficient (Wildman–Crippen LogP) is 6.46. The molecule has 34 heavy (non-hydrogen) atoms. The maximum Gasteiger partial charge on any atom is 0.471 e. The van der Waals surface area contributed by atoms with Gasteiger partial charge in [-0.3, -0.25) is 0 Å². The van der Waals surface area contributed by atoms with Crippen LogP contribution in [-0.4, -0.2) is 48.6 Å². The highest BCUT2D eigenvalue weighted by Crippen LogP contribution is 2.60. The van der Waals surface area contributed by atoms with Crippen molar-refractivity contribution in [2.24, 2.45) is 0 Å². The smallest absolute Gasteiger partial charge is 0.461 e. The first-order chi connectivity index (χ1) is 15.1. The Bertz CT molecular complexity index is 882. The average molecular weight is 542 g/mol. The van der Waals surface area contributed by atoms with Gasteiger partial charge in [0.2, 0.25) is 0 Å². The Hall–Kier alpha value is -2.33. The third-order valence-corrected chi connectivity index (χ3v) is 4.41. The van der Waals surface area contributed by atoms with Crippen LogP contribution in [0.1, 0.15) is 10.8 Å². The molecule has 0 radical (unpaired) electrons. The monoisotopic (exact) mass is 542 g/mol. The second kappa shape index (κ2) is 9.37. The molecule has 1 unspecified atom stereocenters. The highest BCUT2D eigenvalue weighted by molar-refractivity contribution is 7.80. The van der Waals surface area contributed by atoms with Crippen molar-refractivity contribution in [3.8, 4) is 5.75 Å². The minimum absolute atomic E-state index is 0.0457. The maximum atomic E-state index is 13.7. The zero-order valence-electron chi connectivity index (χ0n) is 16.0. The van der Waals surface area contributed by atoms with Gasteiger partial charge in [-0.25, -0.2) is 4.79 Å². The van der Waals surface area contributed by atoms with Crippen molar-refractivity contribution in [3.05, 3.63) is 42.5 Å². The van der Waals surface area contributed by atoms with Crippen LogP contribution >= 0.6 is 12.6 Å². The molecular formula is C17H11F13O3S. The van der Waals surface area contributed by atoms with E-state index in [1.165, 1.54) is 0 Å². The zero-order chi connectivity index (χ0) is 27.0. The number of benzene rings is 1. The maximum absolute atomic E-state index is 13.7. The first kappa shape index (κ1) is 29.7. The normalized spacial score (nSPS) is 15.0. The first-order valence-electron chi connectivity index (χ1n) is 8.29. The van der Waals surface area contributed by atoms with E-state index >= 15 is 0 Å². The van der Waals surface area contributed by atoms with Gasteiger partial charge >= 0.3 is 41.9 Å². The van der Waals surface area contributed by atoms with Crippen LogP contribution in [0.2, 0.25) is 0 Å². The summed E-state index contributed by atoms with van der Waals surface area (Å²) in [5.41, 5.74) is 0.0457. The van der Waals surface area contributed by atoms with Crippen molar-refractivity contribution in [2.45, 2.75) is 41.2 Å². The molecule has 1 rings (SSSR count). The second-order valence-corrected chi connectivity index (χ2v) is 6.96. The van der Waals surface area contributed by atoms with Gasteiger partial charge in [-0.2, -0.15) is 69.7 Å². The predicted molar refractivity (Wildman–Crippen MR) is 90.7 cm³/mol. The molecule has 0 N–H and O–H groups in total. The Balaban J connectivity index is 3.19. The van der Waals surface area contributed by atoms with Crippen LogP contribution < -0.4 is 4.74 Å². The highest BCUT2D eigenvalue weighted by Gasteiger charge is 2.91. The molecule has 0 aromatic heterocycles. The van der Waals surface area contributed by atoms with E-state index in [2.05, 4.69) is 28.7 Å². The lowest BCUT2D eigenvalue weighted by Gasteiger charge is -2.39.